The van der Waals surface area contributed by atoms with Crippen molar-refractivity contribution in [1.82, 2.24) is 15.6 Å². The van der Waals surface area contributed by atoms with Gasteiger partial charge in [-0.15, -0.1) is 11.3 Å². The van der Waals surface area contributed by atoms with E-state index in [1.165, 1.54) is 0 Å². The number of nitrogens with one attached hydrogen (secondary N) is 2. The van der Waals surface area contributed by atoms with Gasteiger partial charge in [0.05, 0.1) is 12.2 Å². The lowest BCUT2D eigenvalue weighted by atomic mass is 10.0. The zero-order valence-corrected chi connectivity index (χ0v) is 16.6. The predicted octanol–water partition coefficient (Wildman–Crippen LogP) is 3.66. The van der Waals surface area contributed by atoms with Crippen molar-refractivity contribution in [3.8, 4) is 11.3 Å². The number of aliphatic hydroxyl groups excluding tert-OH is 1. The number of rotatable bonds is 10. The van der Waals surface area contributed by atoms with Gasteiger partial charge >= 0.3 is 0 Å². The number of nitrogens with zero attached hydrogens (tertiary/aromatic N) is 2. The van der Waals surface area contributed by atoms with E-state index in [4.69, 9.17) is 0 Å². The minimum Gasteiger partial charge on any atom is -0.396 e. The van der Waals surface area contributed by atoms with Crippen LogP contribution in [0.3, 0.4) is 0 Å². The van der Waals surface area contributed by atoms with Gasteiger partial charge in [-0.1, -0.05) is 43.7 Å². The van der Waals surface area contributed by atoms with Gasteiger partial charge in [-0.2, -0.15) is 0 Å². The highest BCUT2D eigenvalue weighted by Crippen LogP contribution is 2.21. The summed E-state index contributed by atoms with van der Waals surface area (Å²) in [6.07, 6.45) is 3.06. The average Bonchev–Trinajstić information content (AvgIpc) is 3.14. The maximum Gasteiger partial charge on any atom is 0.191 e. The summed E-state index contributed by atoms with van der Waals surface area (Å²) in [5, 5.41) is 19.0. The average molecular weight is 375 g/mol. The van der Waals surface area contributed by atoms with Crippen molar-refractivity contribution in [3.63, 3.8) is 0 Å². The lowest BCUT2D eigenvalue weighted by molar-refractivity contribution is 0.251. The molecule has 0 spiro atoms. The third-order valence-corrected chi connectivity index (χ3v) is 4.96. The quantitative estimate of drug-likeness (QED) is 0.438. The number of aliphatic imine (C=N–C) groups is 1. The predicted molar refractivity (Wildman–Crippen MR) is 110 cm³/mol. The van der Waals surface area contributed by atoms with Gasteiger partial charge in [0.2, 0.25) is 0 Å². The second kappa shape index (κ2) is 11.6. The molecule has 6 heteroatoms. The summed E-state index contributed by atoms with van der Waals surface area (Å²) in [6.45, 7) is 6.68. The number of aromatic nitrogens is 1. The number of aliphatic hydroxyl groups is 1. The summed E-state index contributed by atoms with van der Waals surface area (Å²) < 4.78 is 0. The first-order valence-corrected chi connectivity index (χ1v) is 10.3. The molecule has 142 valence electrons. The molecule has 5 nitrogen and oxygen atoms in total. The Hall–Kier alpha value is -1.92. The van der Waals surface area contributed by atoms with E-state index in [1.54, 1.807) is 11.3 Å². The van der Waals surface area contributed by atoms with E-state index < -0.39 is 0 Å². The van der Waals surface area contributed by atoms with Crippen molar-refractivity contribution in [2.24, 2.45) is 10.9 Å². The molecule has 0 aliphatic rings. The highest BCUT2D eigenvalue weighted by atomic mass is 32.1. The van der Waals surface area contributed by atoms with Crippen molar-refractivity contribution in [3.05, 3.63) is 40.7 Å². The fourth-order valence-electron chi connectivity index (χ4n) is 2.79. The molecule has 0 fully saturated rings. The molecule has 0 radical (unpaired) electrons. The number of hydrogen-bond acceptors (Lipinski definition) is 4. The molecule has 1 aromatic carbocycles. The van der Waals surface area contributed by atoms with Crippen LogP contribution in [0, 0.1) is 5.92 Å². The normalized spacial score (nSPS) is 12.8. The summed E-state index contributed by atoms with van der Waals surface area (Å²) in [6, 6.07) is 10.2. The number of hydrogen-bond donors (Lipinski definition) is 3. The van der Waals surface area contributed by atoms with Crippen molar-refractivity contribution < 1.29 is 5.11 Å². The molecule has 2 rings (SSSR count). The molecule has 0 saturated heterocycles. The molecule has 1 aromatic heterocycles. The Kier molecular flexibility index (Phi) is 9.14. The van der Waals surface area contributed by atoms with E-state index >= 15 is 0 Å². The van der Waals surface area contributed by atoms with Crippen molar-refractivity contribution in [2.45, 2.75) is 39.7 Å². The van der Waals surface area contributed by atoms with Gasteiger partial charge in [0, 0.05) is 30.6 Å². The van der Waals surface area contributed by atoms with E-state index in [9.17, 15) is 5.11 Å². The van der Waals surface area contributed by atoms with Crippen LogP contribution in [0.25, 0.3) is 11.3 Å². The van der Waals surface area contributed by atoms with Crippen LogP contribution in [0.15, 0.2) is 40.7 Å². The monoisotopic (exact) mass is 374 g/mol. The van der Waals surface area contributed by atoms with Gasteiger partial charge in [0.15, 0.2) is 5.96 Å². The molecular formula is C20H30N4OS. The summed E-state index contributed by atoms with van der Waals surface area (Å²) in [4.78, 5) is 9.35. The molecule has 1 heterocycles. The van der Waals surface area contributed by atoms with E-state index in [2.05, 4.69) is 52.0 Å². The summed E-state index contributed by atoms with van der Waals surface area (Å²) in [7, 11) is 0. The summed E-state index contributed by atoms with van der Waals surface area (Å²) in [5.41, 5.74) is 2.14. The molecule has 0 saturated carbocycles. The van der Waals surface area contributed by atoms with E-state index in [0.717, 1.165) is 54.6 Å². The van der Waals surface area contributed by atoms with Crippen LogP contribution in [0.4, 0.5) is 0 Å². The van der Waals surface area contributed by atoms with Crippen LogP contribution < -0.4 is 10.6 Å². The summed E-state index contributed by atoms with van der Waals surface area (Å²) in [5.74, 6) is 1.28. The highest BCUT2D eigenvalue weighted by Gasteiger charge is 2.09. The molecule has 0 aliphatic heterocycles. The molecule has 0 bridgehead atoms. The molecule has 0 amide bonds. The Morgan fingerprint density at radius 3 is 2.69 bits per heavy atom. The second-order valence-electron chi connectivity index (χ2n) is 6.24. The third kappa shape index (κ3) is 6.77. The van der Waals surface area contributed by atoms with Gasteiger partial charge in [0.25, 0.3) is 0 Å². The first kappa shape index (κ1) is 20.4. The third-order valence-electron chi connectivity index (χ3n) is 4.13. The van der Waals surface area contributed by atoms with Gasteiger partial charge < -0.3 is 15.7 Å². The van der Waals surface area contributed by atoms with Gasteiger partial charge in [0.1, 0.15) is 5.01 Å². The Balaban J connectivity index is 1.95. The van der Waals surface area contributed by atoms with Crippen LogP contribution in [0.5, 0.6) is 0 Å². The number of guanidine groups is 1. The molecule has 3 N–H and O–H groups in total. The molecule has 0 aliphatic carbocycles. The minimum atomic E-state index is 0.238. The summed E-state index contributed by atoms with van der Waals surface area (Å²) >= 11 is 1.64. The fraction of sp³-hybridized carbons (Fsp3) is 0.500. The molecule has 1 atom stereocenters. The SMILES string of the molecule is CCCC(CCO)CNC(=NCc1nc(-c2ccccc2)cs1)NCC. The van der Waals surface area contributed by atoms with Crippen molar-refractivity contribution in [2.75, 3.05) is 19.7 Å². The first-order chi connectivity index (χ1) is 12.8. The molecular weight excluding hydrogens is 344 g/mol. The fourth-order valence-corrected chi connectivity index (χ4v) is 3.52. The zero-order valence-electron chi connectivity index (χ0n) is 15.7. The van der Waals surface area contributed by atoms with Crippen LogP contribution in [-0.2, 0) is 6.54 Å². The topological polar surface area (TPSA) is 69.5 Å². The Bertz CT molecular complexity index is 651. The molecule has 26 heavy (non-hydrogen) atoms. The van der Waals surface area contributed by atoms with Crippen LogP contribution in [0.2, 0.25) is 0 Å². The van der Waals surface area contributed by atoms with E-state index in [-0.39, 0.29) is 6.61 Å². The zero-order chi connectivity index (χ0) is 18.6. The Morgan fingerprint density at radius 1 is 1.19 bits per heavy atom. The highest BCUT2D eigenvalue weighted by molar-refractivity contribution is 7.09. The van der Waals surface area contributed by atoms with Gasteiger partial charge in [-0.3, -0.25) is 0 Å². The second-order valence-corrected chi connectivity index (χ2v) is 7.18. The smallest absolute Gasteiger partial charge is 0.191 e. The Morgan fingerprint density at radius 2 is 2.00 bits per heavy atom. The van der Waals surface area contributed by atoms with E-state index in [0.29, 0.717) is 12.5 Å². The van der Waals surface area contributed by atoms with Gasteiger partial charge in [-0.25, -0.2) is 9.98 Å². The van der Waals surface area contributed by atoms with Crippen molar-refractivity contribution in [1.29, 1.82) is 0 Å². The maximum atomic E-state index is 9.20. The van der Waals surface area contributed by atoms with Crippen LogP contribution in [-0.4, -0.2) is 35.7 Å². The largest absolute Gasteiger partial charge is 0.396 e. The molecule has 1 unspecified atom stereocenters. The Labute approximate surface area is 160 Å². The standard InChI is InChI=1S/C20H30N4OS/c1-3-8-16(11-12-25)13-22-20(21-4-2)23-14-19-24-18(15-26-19)17-9-6-5-7-10-17/h5-7,9-10,15-16,25H,3-4,8,11-14H2,1-2H3,(H2,21,22,23). The maximum absolute atomic E-state index is 9.20. The van der Waals surface area contributed by atoms with E-state index in [1.807, 2.05) is 18.2 Å². The lowest BCUT2D eigenvalue weighted by Gasteiger charge is -2.18. The van der Waals surface area contributed by atoms with Crippen LogP contribution >= 0.6 is 11.3 Å². The van der Waals surface area contributed by atoms with Gasteiger partial charge in [-0.05, 0) is 25.7 Å². The number of benzene rings is 1. The number of thiazole rings is 1. The minimum absolute atomic E-state index is 0.238. The first-order valence-electron chi connectivity index (χ1n) is 9.39. The molecule has 2 aromatic rings. The lowest BCUT2D eigenvalue weighted by Crippen LogP contribution is -2.40. The van der Waals surface area contributed by atoms with Crippen molar-refractivity contribution >= 4 is 17.3 Å². The van der Waals surface area contributed by atoms with Crippen LogP contribution in [0.1, 0.15) is 38.1 Å².